The predicted molar refractivity (Wildman–Crippen MR) is 126 cm³/mol. The highest BCUT2D eigenvalue weighted by atomic mass is 32.2. The summed E-state index contributed by atoms with van der Waals surface area (Å²) < 4.78 is 65.9. The van der Waals surface area contributed by atoms with E-state index in [1.807, 2.05) is 0 Å². The third-order valence-corrected chi connectivity index (χ3v) is 5.98. The van der Waals surface area contributed by atoms with Crippen molar-refractivity contribution in [2.24, 2.45) is 0 Å². The Morgan fingerprint density at radius 1 is 1.03 bits per heavy atom. The summed E-state index contributed by atoms with van der Waals surface area (Å²) in [4.78, 5) is 26.0. The average Bonchev–Trinajstić information content (AvgIpc) is 2.83. The molecule has 13 heteroatoms. The number of alkyl halides is 3. The lowest BCUT2D eigenvalue weighted by atomic mass is 10.2. The zero-order valence-electron chi connectivity index (χ0n) is 18.6. The van der Waals surface area contributed by atoms with Gasteiger partial charge in [-0.2, -0.15) is 4.68 Å². The fraction of sp³-hybridized carbons (Fsp3) is 0.174. The Kier molecular flexibility index (Phi) is 6.95. The molecule has 0 amide bonds. The van der Waals surface area contributed by atoms with Crippen molar-refractivity contribution in [2.75, 3.05) is 5.32 Å². The van der Waals surface area contributed by atoms with Crippen LogP contribution in [0.4, 0.5) is 24.7 Å². The van der Waals surface area contributed by atoms with Gasteiger partial charge in [0.25, 0.3) is 11.1 Å². The second-order valence-corrected chi connectivity index (χ2v) is 9.05. The van der Waals surface area contributed by atoms with E-state index in [0.29, 0.717) is 5.39 Å². The topological polar surface area (TPSA) is 118 Å². The molecule has 0 aliphatic carbocycles. The fourth-order valence-electron chi connectivity index (χ4n) is 3.49. The first-order chi connectivity index (χ1) is 17.0. The highest BCUT2D eigenvalue weighted by molar-refractivity contribution is 7.79. The van der Waals surface area contributed by atoms with Crippen LogP contribution >= 0.6 is 0 Å². The molecule has 36 heavy (non-hydrogen) atoms. The first-order valence-electron chi connectivity index (χ1n) is 10.5. The lowest BCUT2D eigenvalue weighted by Crippen LogP contribution is -2.28. The van der Waals surface area contributed by atoms with E-state index in [2.05, 4.69) is 15.2 Å². The number of anilines is 2. The van der Waals surface area contributed by atoms with E-state index >= 15 is 0 Å². The van der Waals surface area contributed by atoms with E-state index in [9.17, 15) is 31.5 Å². The standard InChI is InChI=1S/C23H19F3N4O5S/c1-14(36(33)34)13-29-12-4-7-19(22(29)32)27-20-17-5-2-3-6-18(17)21(31)30(28-20)15-8-10-16(11-9-15)35-23(24,25)26/h2-12,14H,13H2,1H3,(H,27,28)(H,33,34)/p-1. The van der Waals surface area contributed by atoms with Crippen LogP contribution in [-0.2, 0) is 17.6 Å². The number of ether oxygens (including phenoxy) is 1. The van der Waals surface area contributed by atoms with Gasteiger partial charge in [-0.15, -0.1) is 18.3 Å². The van der Waals surface area contributed by atoms with Crippen LogP contribution in [0.15, 0.2) is 76.4 Å². The second-order valence-electron chi connectivity index (χ2n) is 7.73. The van der Waals surface area contributed by atoms with Gasteiger partial charge in [0.2, 0.25) is 0 Å². The highest BCUT2D eigenvalue weighted by Crippen LogP contribution is 2.25. The molecular weight excluding hydrogens is 501 g/mol. The first kappa shape index (κ1) is 25.1. The van der Waals surface area contributed by atoms with E-state index in [0.717, 1.165) is 16.8 Å². The van der Waals surface area contributed by atoms with Crippen molar-refractivity contribution in [1.82, 2.24) is 14.3 Å². The van der Waals surface area contributed by atoms with Gasteiger partial charge < -0.3 is 19.2 Å². The van der Waals surface area contributed by atoms with Crippen LogP contribution in [0.2, 0.25) is 0 Å². The summed E-state index contributed by atoms with van der Waals surface area (Å²) in [6.45, 7) is 1.40. The van der Waals surface area contributed by atoms with Crippen LogP contribution < -0.4 is 21.2 Å². The lowest BCUT2D eigenvalue weighted by Gasteiger charge is -2.17. The zero-order valence-corrected chi connectivity index (χ0v) is 19.4. The molecular formula is C23H18F3N4O5S-. The van der Waals surface area contributed by atoms with Crippen LogP contribution in [0.1, 0.15) is 6.92 Å². The molecule has 9 nitrogen and oxygen atoms in total. The molecule has 0 aliphatic rings. The van der Waals surface area contributed by atoms with Gasteiger partial charge >= 0.3 is 6.36 Å². The molecule has 2 aromatic heterocycles. The number of hydrogen-bond donors (Lipinski definition) is 1. The predicted octanol–water partition coefficient (Wildman–Crippen LogP) is 3.46. The van der Waals surface area contributed by atoms with Crippen LogP contribution in [-0.4, -0.2) is 34.7 Å². The molecule has 188 valence electrons. The Balaban J connectivity index is 1.77. The normalized spacial score (nSPS) is 13.4. The maximum atomic E-state index is 13.1. The summed E-state index contributed by atoms with van der Waals surface area (Å²) in [5.41, 5.74) is -0.788. The Hall–Kier alpha value is -3.97. The number of halogens is 3. The summed E-state index contributed by atoms with van der Waals surface area (Å²) in [6, 6.07) is 14.1. The van der Waals surface area contributed by atoms with Gasteiger partial charge in [0.05, 0.1) is 11.1 Å². The van der Waals surface area contributed by atoms with Crippen LogP contribution in [0.25, 0.3) is 16.5 Å². The van der Waals surface area contributed by atoms with Crippen molar-refractivity contribution < 1.29 is 26.7 Å². The van der Waals surface area contributed by atoms with Gasteiger partial charge in [-0.1, -0.05) is 36.2 Å². The number of rotatable bonds is 7. The summed E-state index contributed by atoms with van der Waals surface area (Å²) >= 11 is -2.37. The number of pyridine rings is 1. The molecule has 2 heterocycles. The summed E-state index contributed by atoms with van der Waals surface area (Å²) in [7, 11) is 0. The number of nitrogens with zero attached hydrogens (tertiary/aromatic N) is 3. The smallest absolute Gasteiger partial charge is 0.573 e. The van der Waals surface area contributed by atoms with Gasteiger partial charge in [0.1, 0.15) is 11.4 Å². The Morgan fingerprint density at radius 2 is 1.69 bits per heavy atom. The van der Waals surface area contributed by atoms with Gasteiger partial charge in [-0.25, -0.2) is 0 Å². The minimum absolute atomic E-state index is 0.0650. The SMILES string of the molecule is CC(Cn1cccc(Nc2nn(-c3ccc(OC(F)(F)F)cc3)c(=O)c3ccccc23)c1=O)S(=O)[O-]. The monoisotopic (exact) mass is 519 g/mol. The molecule has 0 spiro atoms. The summed E-state index contributed by atoms with van der Waals surface area (Å²) in [5.74, 6) is -0.326. The molecule has 0 saturated carbocycles. The van der Waals surface area contributed by atoms with Gasteiger partial charge in [-0.3, -0.25) is 13.8 Å². The van der Waals surface area contributed by atoms with Crippen molar-refractivity contribution in [1.29, 1.82) is 0 Å². The molecule has 4 aromatic rings. The highest BCUT2D eigenvalue weighted by Gasteiger charge is 2.31. The molecule has 1 N–H and O–H groups in total. The largest absolute Gasteiger partial charge is 0.772 e. The molecule has 0 saturated heterocycles. The zero-order chi connectivity index (χ0) is 26.0. The second kappa shape index (κ2) is 9.95. The molecule has 4 rings (SSSR count). The summed E-state index contributed by atoms with van der Waals surface area (Å²) in [6.07, 6.45) is -3.41. The van der Waals surface area contributed by atoms with Gasteiger partial charge in [-0.05, 0) is 42.5 Å². The first-order valence-corrected chi connectivity index (χ1v) is 11.6. The molecule has 2 aromatic carbocycles. The molecule has 2 unspecified atom stereocenters. The van der Waals surface area contributed by atoms with Crippen LogP contribution in [0, 0.1) is 0 Å². The number of hydrogen-bond acceptors (Lipinski definition) is 7. The van der Waals surface area contributed by atoms with Gasteiger partial charge in [0.15, 0.2) is 5.82 Å². The number of fused-ring (bicyclic) bond motifs is 1. The molecule has 0 aliphatic heterocycles. The minimum atomic E-state index is -4.86. The Bertz CT molecular complexity index is 1550. The van der Waals surface area contributed by atoms with Crippen molar-refractivity contribution in [3.05, 3.63) is 87.6 Å². The number of benzene rings is 2. The quantitative estimate of drug-likeness (QED) is 0.372. The third kappa shape index (κ3) is 5.47. The van der Waals surface area contributed by atoms with Crippen molar-refractivity contribution in [2.45, 2.75) is 25.1 Å². The summed E-state index contributed by atoms with van der Waals surface area (Å²) in [5, 5.41) is 7.07. The van der Waals surface area contributed by atoms with Crippen molar-refractivity contribution in [3.63, 3.8) is 0 Å². The minimum Gasteiger partial charge on any atom is -0.772 e. The fourth-order valence-corrected chi connectivity index (χ4v) is 3.77. The average molecular weight is 519 g/mol. The van der Waals surface area contributed by atoms with Crippen molar-refractivity contribution >= 4 is 33.4 Å². The number of nitrogens with one attached hydrogen (secondary N) is 1. The van der Waals surface area contributed by atoms with E-state index in [4.69, 9.17) is 0 Å². The molecule has 2 atom stereocenters. The molecule has 0 radical (unpaired) electrons. The van der Waals surface area contributed by atoms with E-state index in [1.165, 1.54) is 35.9 Å². The van der Waals surface area contributed by atoms with Crippen LogP contribution in [0.3, 0.4) is 0 Å². The lowest BCUT2D eigenvalue weighted by molar-refractivity contribution is -0.274. The number of aromatic nitrogens is 3. The molecule has 0 bridgehead atoms. The third-order valence-electron chi connectivity index (χ3n) is 5.18. The van der Waals surface area contributed by atoms with Gasteiger partial charge in [0, 0.05) is 23.4 Å². The molecule has 0 fully saturated rings. The van der Waals surface area contributed by atoms with Crippen LogP contribution in [0.5, 0.6) is 5.75 Å². The Labute approximate surface area is 204 Å². The van der Waals surface area contributed by atoms with E-state index < -0.39 is 39.6 Å². The maximum Gasteiger partial charge on any atom is 0.573 e. The van der Waals surface area contributed by atoms with E-state index in [1.54, 1.807) is 30.3 Å². The Morgan fingerprint density at radius 3 is 2.33 bits per heavy atom. The maximum absolute atomic E-state index is 13.1. The van der Waals surface area contributed by atoms with Crippen molar-refractivity contribution in [3.8, 4) is 11.4 Å². The van der Waals surface area contributed by atoms with E-state index in [-0.39, 0.29) is 29.1 Å².